The third-order valence-electron chi connectivity index (χ3n) is 4.49. The number of hydrogen-bond acceptors (Lipinski definition) is 3. The number of hydrogen-bond donors (Lipinski definition) is 1. The van der Waals surface area contributed by atoms with Gasteiger partial charge in [0.15, 0.2) is 0 Å². The van der Waals surface area contributed by atoms with Crippen molar-refractivity contribution < 1.29 is 9.53 Å². The van der Waals surface area contributed by atoms with Crippen molar-refractivity contribution in [2.45, 2.75) is 13.0 Å². The maximum absolute atomic E-state index is 13.1. The van der Waals surface area contributed by atoms with E-state index in [0.717, 1.165) is 16.9 Å². The maximum Gasteiger partial charge on any atom is 0.415 e. The van der Waals surface area contributed by atoms with Gasteiger partial charge in [-0.2, -0.15) is 0 Å². The molecule has 4 rings (SSSR count). The van der Waals surface area contributed by atoms with Crippen LogP contribution in [0.5, 0.6) is 5.75 Å². The van der Waals surface area contributed by atoms with Gasteiger partial charge >= 0.3 is 6.09 Å². The minimum Gasteiger partial charge on any atom is -0.410 e. The van der Waals surface area contributed by atoms with Crippen LogP contribution in [0.4, 0.5) is 4.79 Å². The molecular formula is C19H17N3O3. The molecule has 1 aliphatic rings. The van der Waals surface area contributed by atoms with E-state index < -0.39 is 12.1 Å². The zero-order valence-corrected chi connectivity index (χ0v) is 13.9. The van der Waals surface area contributed by atoms with Crippen LogP contribution >= 0.6 is 0 Å². The number of carbonyl (C=O) groups is 1. The van der Waals surface area contributed by atoms with Gasteiger partial charge in [0.25, 0.3) is 5.56 Å². The Hall–Kier alpha value is -3.28. The number of nitrogens with zero attached hydrogens (tertiary/aromatic N) is 2. The summed E-state index contributed by atoms with van der Waals surface area (Å²) in [6.45, 7) is 1.84. The molecule has 0 saturated heterocycles. The van der Waals surface area contributed by atoms with Gasteiger partial charge in [-0.3, -0.25) is 14.8 Å². The quantitative estimate of drug-likeness (QED) is 0.783. The Bertz CT molecular complexity index is 1000. The Morgan fingerprint density at radius 2 is 1.68 bits per heavy atom. The number of amides is 1. The van der Waals surface area contributed by atoms with E-state index in [4.69, 9.17) is 4.74 Å². The first-order chi connectivity index (χ1) is 12.1. The van der Waals surface area contributed by atoms with Crippen molar-refractivity contribution in [1.82, 2.24) is 14.7 Å². The van der Waals surface area contributed by atoms with Crippen LogP contribution < -0.4 is 10.3 Å². The lowest BCUT2D eigenvalue weighted by Gasteiger charge is -2.32. The van der Waals surface area contributed by atoms with Crippen LogP contribution in [0, 0.1) is 6.92 Å². The minimum absolute atomic E-state index is 0.176. The van der Waals surface area contributed by atoms with Crippen LogP contribution in [0.1, 0.15) is 22.9 Å². The van der Waals surface area contributed by atoms with E-state index in [1.54, 1.807) is 19.2 Å². The van der Waals surface area contributed by atoms with Crippen LogP contribution in [-0.2, 0) is 0 Å². The molecule has 0 aliphatic carbocycles. The maximum atomic E-state index is 13.1. The fourth-order valence-corrected chi connectivity index (χ4v) is 3.27. The van der Waals surface area contributed by atoms with Crippen LogP contribution in [0.15, 0.2) is 59.4 Å². The van der Waals surface area contributed by atoms with Gasteiger partial charge < -0.3 is 4.74 Å². The highest BCUT2D eigenvalue weighted by molar-refractivity contribution is 5.75. The van der Waals surface area contributed by atoms with Gasteiger partial charge in [0, 0.05) is 18.3 Å². The molecule has 2 heterocycles. The van der Waals surface area contributed by atoms with Crippen molar-refractivity contribution in [2.75, 3.05) is 7.05 Å². The second-order valence-corrected chi connectivity index (χ2v) is 6.05. The number of para-hydroxylation sites is 2. The number of benzene rings is 2. The van der Waals surface area contributed by atoms with E-state index in [1.807, 2.05) is 49.4 Å². The lowest BCUT2D eigenvalue weighted by molar-refractivity contribution is 0.140. The van der Waals surface area contributed by atoms with Crippen molar-refractivity contribution in [3.05, 3.63) is 81.8 Å². The molecule has 1 aromatic heterocycles. The number of fused-ring (bicyclic) bond motifs is 1. The van der Waals surface area contributed by atoms with E-state index in [0.29, 0.717) is 11.3 Å². The third kappa shape index (κ3) is 2.34. The lowest BCUT2D eigenvalue weighted by Crippen LogP contribution is -2.40. The highest BCUT2D eigenvalue weighted by Crippen LogP contribution is 2.37. The number of nitrogens with one attached hydrogen (secondary N) is 1. The second kappa shape index (κ2) is 5.66. The molecule has 126 valence electrons. The Balaban J connectivity index is 1.92. The molecule has 1 aliphatic heterocycles. The summed E-state index contributed by atoms with van der Waals surface area (Å²) in [5, 5.41) is 3.12. The topological polar surface area (TPSA) is 67.3 Å². The number of aromatic nitrogens is 2. The minimum atomic E-state index is -0.494. The van der Waals surface area contributed by atoms with Crippen molar-refractivity contribution in [3.63, 3.8) is 0 Å². The average molecular weight is 335 g/mol. The number of aryl methyl sites for hydroxylation is 1. The highest BCUT2D eigenvalue weighted by Gasteiger charge is 2.36. The molecule has 1 atom stereocenters. The summed E-state index contributed by atoms with van der Waals surface area (Å²) < 4.78 is 6.84. The molecule has 0 fully saturated rings. The van der Waals surface area contributed by atoms with E-state index in [9.17, 15) is 9.59 Å². The molecule has 6 nitrogen and oxygen atoms in total. The van der Waals surface area contributed by atoms with E-state index >= 15 is 0 Å². The molecule has 0 saturated carbocycles. The number of ether oxygens (including phenoxy) is 1. The number of aromatic amines is 1. The van der Waals surface area contributed by atoms with Gasteiger partial charge in [-0.1, -0.05) is 36.4 Å². The van der Waals surface area contributed by atoms with Crippen molar-refractivity contribution in [1.29, 1.82) is 0 Å². The predicted molar refractivity (Wildman–Crippen MR) is 93.2 cm³/mol. The Labute approximate surface area is 144 Å². The molecule has 3 aromatic rings. The van der Waals surface area contributed by atoms with Crippen molar-refractivity contribution >= 4 is 6.09 Å². The van der Waals surface area contributed by atoms with Gasteiger partial charge in [0.1, 0.15) is 5.75 Å². The number of rotatable bonds is 2. The van der Waals surface area contributed by atoms with Crippen LogP contribution in [0.2, 0.25) is 0 Å². The largest absolute Gasteiger partial charge is 0.415 e. The van der Waals surface area contributed by atoms with Gasteiger partial charge in [-0.25, -0.2) is 9.48 Å². The zero-order valence-electron chi connectivity index (χ0n) is 13.9. The molecule has 1 unspecified atom stereocenters. The third-order valence-corrected chi connectivity index (χ3v) is 4.49. The summed E-state index contributed by atoms with van der Waals surface area (Å²) in [6.07, 6.45) is -0.477. The lowest BCUT2D eigenvalue weighted by atomic mass is 9.96. The van der Waals surface area contributed by atoms with Crippen molar-refractivity contribution in [2.24, 2.45) is 0 Å². The molecule has 25 heavy (non-hydrogen) atoms. The molecular weight excluding hydrogens is 318 g/mol. The van der Waals surface area contributed by atoms with Gasteiger partial charge in [0.2, 0.25) is 0 Å². The monoisotopic (exact) mass is 335 g/mol. The smallest absolute Gasteiger partial charge is 0.410 e. The van der Waals surface area contributed by atoms with Gasteiger partial charge in [-0.05, 0) is 25.1 Å². The summed E-state index contributed by atoms with van der Waals surface area (Å²) in [5.74, 6) is 0.488. The molecule has 0 bridgehead atoms. The molecule has 0 radical (unpaired) electrons. The molecule has 1 N–H and O–H groups in total. The molecule has 2 aromatic carbocycles. The number of H-pyrrole nitrogens is 1. The number of carbonyl (C=O) groups excluding carboxylic acids is 1. The zero-order chi connectivity index (χ0) is 17.6. The summed E-state index contributed by atoms with van der Waals surface area (Å²) in [6, 6.07) is 16.2. The standard InChI is InChI=1S/C19H17N3O3/c1-12-16(18(23)22(20-12)13-8-4-3-5-9-13)17-14-10-6-7-11-15(14)25-19(24)21(17)2/h3-11,17,20H,1-2H3. The van der Waals surface area contributed by atoms with E-state index in [1.165, 1.54) is 9.58 Å². The fraction of sp³-hybridized carbons (Fsp3) is 0.158. The van der Waals surface area contributed by atoms with Crippen LogP contribution in [0.25, 0.3) is 5.69 Å². The first kappa shape index (κ1) is 15.3. The SMILES string of the molecule is Cc1[nH]n(-c2ccccc2)c(=O)c1C1c2ccccc2OC(=O)N1C. The second-order valence-electron chi connectivity index (χ2n) is 6.05. The Morgan fingerprint density at radius 1 is 1.00 bits per heavy atom. The summed E-state index contributed by atoms with van der Waals surface area (Å²) in [5.41, 5.74) is 2.62. The molecule has 1 amide bonds. The Kier molecular flexibility index (Phi) is 3.46. The first-order valence-corrected chi connectivity index (χ1v) is 7.98. The van der Waals surface area contributed by atoms with E-state index in [2.05, 4.69) is 5.10 Å². The molecule has 0 spiro atoms. The average Bonchev–Trinajstić information content (AvgIpc) is 2.92. The van der Waals surface area contributed by atoms with E-state index in [-0.39, 0.29) is 5.56 Å². The predicted octanol–water partition coefficient (Wildman–Crippen LogP) is 3.01. The van der Waals surface area contributed by atoms with Crippen LogP contribution in [-0.4, -0.2) is 27.8 Å². The van der Waals surface area contributed by atoms with Crippen molar-refractivity contribution in [3.8, 4) is 11.4 Å². The highest BCUT2D eigenvalue weighted by atomic mass is 16.6. The summed E-state index contributed by atoms with van der Waals surface area (Å²) in [7, 11) is 1.64. The molecule has 6 heteroatoms. The first-order valence-electron chi connectivity index (χ1n) is 7.98. The van der Waals surface area contributed by atoms with Gasteiger partial charge in [-0.15, -0.1) is 0 Å². The summed E-state index contributed by atoms with van der Waals surface area (Å²) >= 11 is 0. The summed E-state index contributed by atoms with van der Waals surface area (Å²) in [4.78, 5) is 26.8. The fourth-order valence-electron chi connectivity index (χ4n) is 3.27. The van der Waals surface area contributed by atoms with Gasteiger partial charge in [0.05, 0.1) is 17.3 Å². The van der Waals surface area contributed by atoms with Crippen LogP contribution in [0.3, 0.4) is 0 Å². The normalized spacial score (nSPS) is 16.5. The Morgan fingerprint density at radius 3 is 2.44 bits per heavy atom.